The summed E-state index contributed by atoms with van der Waals surface area (Å²) in [5.74, 6) is -0.773. The molecular formula is C16H15N3O3S. The number of H-pyrrole nitrogens is 1. The van der Waals surface area contributed by atoms with E-state index in [-0.39, 0.29) is 11.9 Å². The number of hydrogen-bond acceptors (Lipinski definition) is 4. The third-order valence-corrected chi connectivity index (χ3v) is 4.77. The van der Waals surface area contributed by atoms with E-state index in [1.165, 1.54) is 11.3 Å². The van der Waals surface area contributed by atoms with Gasteiger partial charge in [-0.3, -0.25) is 14.8 Å². The van der Waals surface area contributed by atoms with Gasteiger partial charge in [-0.1, -0.05) is 18.2 Å². The molecule has 0 saturated heterocycles. The van der Waals surface area contributed by atoms with Crippen molar-refractivity contribution in [2.24, 2.45) is 0 Å². The number of fused-ring (bicyclic) bond motifs is 1. The van der Waals surface area contributed by atoms with Crippen molar-refractivity contribution in [1.82, 2.24) is 15.8 Å². The van der Waals surface area contributed by atoms with Crippen molar-refractivity contribution in [2.75, 3.05) is 0 Å². The average molecular weight is 329 g/mol. The Morgan fingerprint density at radius 1 is 1.17 bits per heavy atom. The Morgan fingerprint density at radius 3 is 2.70 bits per heavy atom. The fourth-order valence-corrected chi connectivity index (χ4v) is 3.20. The van der Waals surface area contributed by atoms with Crippen LogP contribution in [0.2, 0.25) is 0 Å². The lowest BCUT2D eigenvalue weighted by Gasteiger charge is -2.11. The summed E-state index contributed by atoms with van der Waals surface area (Å²) >= 11 is 1.22. The first-order valence-electron chi connectivity index (χ1n) is 7.01. The second-order valence-electron chi connectivity index (χ2n) is 5.11. The molecule has 0 bridgehead atoms. The van der Waals surface area contributed by atoms with Gasteiger partial charge in [0.15, 0.2) is 0 Å². The van der Waals surface area contributed by atoms with Crippen LogP contribution in [0.15, 0.2) is 42.5 Å². The number of nitrogens with one attached hydrogen (secondary N) is 3. The quantitative estimate of drug-likeness (QED) is 0.438. The zero-order chi connectivity index (χ0) is 16.4. The summed E-state index contributed by atoms with van der Waals surface area (Å²) in [7, 11) is 0. The molecule has 7 heteroatoms. The van der Waals surface area contributed by atoms with Crippen LogP contribution in [-0.4, -0.2) is 22.0 Å². The fourth-order valence-electron chi connectivity index (χ4n) is 2.30. The van der Waals surface area contributed by atoms with Crippen molar-refractivity contribution < 1.29 is 14.8 Å². The highest BCUT2D eigenvalue weighted by Crippen LogP contribution is 2.23. The number of para-hydroxylation sites is 1. The Labute approximate surface area is 136 Å². The summed E-state index contributed by atoms with van der Waals surface area (Å²) in [6.45, 7) is 1.84. The van der Waals surface area contributed by atoms with Crippen molar-refractivity contribution in [3.63, 3.8) is 0 Å². The Hall–Kier alpha value is -2.64. The predicted molar refractivity (Wildman–Crippen MR) is 87.8 cm³/mol. The third kappa shape index (κ3) is 3.10. The third-order valence-electron chi connectivity index (χ3n) is 3.50. The van der Waals surface area contributed by atoms with Gasteiger partial charge in [0.05, 0.1) is 10.9 Å². The molecule has 2 heterocycles. The van der Waals surface area contributed by atoms with E-state index in [2.05, 4.69) is 10.3 Å². The van der Waals surface area contributed by atoms with Gasteiger partial charge in [-0.2, -0.15) is 0 Å². The van der Waals surface area contributed by atoms with Crippen LogP contribution in [0.25, 0.3) is 10.9 Å². The summed E-state index contributed by atoms with van der Waals surface area (Å²) in [5.41, 5.74) is 2.99. The molecule has 0 fully saturated rings. The minimum absolute atomic E-state index is 0.213. The molecule has 0 spiro atoms. The second kappa shape index (κ2) is 6.23. The molecule has 0 saturated carbocycles. The number of amides is 2. The van der Waals surface area contributed by atoms with E-state index in [4.69, 9.17) is 5.21 Å². The normalized spacial score (nSPS) is 12.1. The Kier molecular flexibility index (Phi) is 4.14. The number of carbonyl (C=O) groups is 2. The van der Waals surface area contributed by atoms with E-state index in [1.807, 2.05) is 31.2 Å². The zero-order valence-electron chi connectivity index (χ0n) is 12.3. The van der Waals surface area contributed by atoms with E-state index >= 15 is 0 Å². The molecule has 2 aromatic heterocycles. The van der Waals surface area contributed by atoms with Crippen LogP contribution in [0.1, 0.15) is 38.0 Å². The molecule has 1 unspecified atom stereocenters. The van der Waals surface area contributed by atoms with Gasteiger partial charge in [-0.25, -0.2) is 5.48 Å². The number of carbonyl (C=O) groups excluding carboxylic acids is 2. The Bertz CT molecular complexity index is 835. The highest BCUT2D eigenvalue weighted by atomic mass is 32.1. The maximum Gasteiger partial charge on any atom is 0.284 e. The van der Waals surface area contributed by atoms with Crippen molar-refractivity contribution in [3.8, 4) is 0 Å². The Morgan fingerprint density at radius 2 is 1.96 bits per heavy atom. The van der Waals surface area contributed by atoms with Crippen LogP contribution in [0.4, 0.5) is 0 Å². The van der Waals surface area contributed by atoms with Gasteiger partial charge >= 0.3 is 0 Å². The van der Waals surface area contributed by atoms with E-state index in [0.29, 0.717) is 10.6 Å². The monoisotopic (exact) mass is 329 g/mol. The van der Waals surface area contributed by atoms with Crippen LogP contribution >= 0.6 is 11.3 Å². The largest absolute Gasteiger partial charge is 0.351 e. The molecule has 6 nitrogen and oxygen atoms in total. The topological polar surface area (TPSA) is 94.2 Å². The zero-order valence-corrected chi connectivity index (χ0v) is 13.1. The number of hydroxylamine groups is 1. The molecular weight excluding hydrogens is 314 g/mol. The van der Waals surface area contributed by atoms with Crippen molar-refractivity contribution in [2.45, 2.75) is 13.0 Å². The van der Waals surface area contributed by atoms with Crippen molar-refractivity contribution in [1.29, 1.82) is 0 Å². The smallest absolute Gasteiger partial charge is 0.284 e. The summed E-state index contributed by atoms with van der Waals surface area (Å²) < 4.78 is 0. The number of rotatable bonds is 4. The molecule has 3 rings (SSSR count). The van der Waals surface area contributed by atoms with E-state index in [0.717, 1.165) is 15.8 Å². The minimum Gasteiger partial charge on any atom is -0.351 e. The summed E-state index contributed by atoms with van der Waals surface area (Å²) in [5, 5.41) is 12.5. The standard InChI is InChI=1S/C16H15N3O3S/c1-9(13-6-7-14(23-13)16(21)19-22)17-15(20)12-8-10-4-2-3-5-11(10)18-12/h2-9,18,22H,1H3,(H,17,20)(H,19,21). The van der Waals surface area contributed by atoms with Gasteiger partial charge in [-0.15, -0.1) is 11.3 Å². The Balaban J connectivity index is 1.74. The second-order valence-corrected chi connectivity index (χ2v) is 6.22. The number of thiophene rings is 1. The lowest BCUT2D eigenvalue weighted by molar-refractivity contribution is 0.0711. The van der Waals surface area contributed by atoms with Gasteiger partial charge in [0, 0.05) is 15.8 Å². The number of benzene rings is 1. The average Bonchev–Trinajstić information content (AvgIpc) is 3.20. The van der Waals surface area contributed by atoms with Gasteiger partial charge in [0.2, 0.25) is 0 Å². The number of aromatic amines is 1. The summed E-state index contributed by atoms with van der Waals surface area (Å²) in [6.07, 6.45) is 0. The van der Waals surface area contributed by atoms with E-state index in [9.17, 15) is 9.59 Å². The summed E-state index contributed by atoms with van der Waals surface area (Å²) in [4.78, 5) is 28.0. The maximum atomic E-state index is 12.3. The fraction of sp³-hybridized carbons (Fsp3) is 0.125. The highest BCUT2D eigenvalue weighted by molar-refractivity contribution is 7.14. The molecule has 118 valence electrons. The van der Waals surface area contributed by atoms with Crippen LogP contribution < -0.4 is 10.8 Å². The first-order chi connectivity index (χ1) is 11.1. The van der Waals surface area contributed by atoms with Crippen molar-refractivity contribution in [3.05, 3.63) is 57.9 Å². The predicted octanol–water partition coefficient (Wildman–Crippen LogP) is 2.84. The minimum atomic E-state index is -0.560. The molecule has 0 aliphatic carbocycles. The molecule has 3 aromatic rings. The lowest BCUT2D eigenvalue weighted by atomic mass is 10.2. The molecule has 0 aliphatic rings. The molecule has 23 heavy (non-hydrogen) atoms. The first kappa shape index (κ1) is 15.3. The number of hydrogen-bond donors (Lipinski definition) is 4. The van der Waals surface area contributed by atoms with E-state index in [1.54, 1.807) is 23.7 Å². The number of aromatic nitrogens is 1. The maximum absolute atomic E-state index is 12.3. The molecule has 0 aliphatic heterocycles. The van der Waals surface area contributed by atoms with E-state index < -0.39 is 5.91 Å². The molecule has 0 radical (unpaired) electrons. The van der Waals surface area contributed by atoms with Gasteiger partial charge in [0.25, 0.3) is 11.8 Å². The van der Waals surface area contributed by atoms with Gasteiger partial charge < -0.3 is 10.3 Å². The lowest BCUT2D eigenvalue weighted by Crippen LogP contribution is -2.26. The van der Waals surface area contributed by atoms with Crippen LogP contribution in [0, 0.1) is 0 Å². The highest BCUT2D eigenvalue weighted by Gasteiger charge is 2.16. The molecule has 1 aromatic carbocycles. The van der Waals surface area contributed by atoms with Gasteiger partial charge in [-0.05, 0) is 31.2 Å². The first-order valence-corrected chi connectivity index (χ1v) is 7.83. The van der Waals surface area contributed by atoms with Crippen molar-refractivity contribution >= 4 is 34.1 Å². The van der Waals surface area contributed by atoms with Crippen LogP contribution in [0.3, 0.4) is 0 Å². The molecule has 1 atom stereocenters. The van der Waals surface area contributed by atoms with Crippen LogP contribution in [-0.2, 0) is 0 Å². The molecule has 4 N–H and O–H groups in total. The molecule has 2 amide bonds. The SMILES string of the molecule is CC(NC(=O)c1cc2ccccc2[nH]1)c1ccc(C(=O)NO)s1. The summed E-state index contributed by atoms with van der Waals surface area (Å²) in [6, 6.07) is 12.6. The van der Waals surface area contributed by atoms with Gasteiger partial charge in [0.1, 0.15) is 5.69 Å². The van der Waals surface area contributed by atoms with Crippen LogP contribution in [0.5, 0.6) is 0 Å².